The van der Waals surface area contributed by atoms with Crippen molar-refractivity contribution in [2.24, 2.45) is 4.99 Å². The van der Waals surface area contributed by atoms with E-state index in [0.29, 0.717) is 6.10 Å². The van der Waals surface area contributed by atoms with Crippen LogP contribution in [0.5, 0.6) is 0 Å². The minimum Gasteiger partial charge on any atom is -0.378 e. The molecule has 7 heteroatoms. The number of benzene rings is 1. The van der Waals surface area contributed by atoms with Gasteiger partial charge >= 0.3 is 0 Å². The molecule has 0 bridgehead atoms. The molecular weight excluding hydrogens is 477 g/mol. The summed E-state index contributed by atoms with van der Waals surface area (Å²) >= 11 is 0. The van der Waals surface area contributed by atoms with Crippen molar-refractivity contribution in [2.75, 3.05) is 20.2 Å². The second-order valence-corrected chi connectivity index (χ2v) is 7.31. The average molecular weight is 511 g/mol. The summed E-state index contributed by atoms with van der Waals surface area (Å²) in [5.74, 6) is 0.826. The predicted octanol–water partition coefficient (Wildman–Crippen LogP) is 3.95. The van der Waals surface area contributed by atoms with Crippen LogP contribution in [0.25, 0.3) is 0 Å². The maximum Gasteiger partial charge on any atom is 0.191 e. The van der Waals surface area contributed by atoms with Crippen molar-refractivity contribution in [3.8, 4) is 0 Å². The molecule has 2 N–H and O–H groups in total. The average Bonchev–Trinajstić information content (AvgIpc) is 3.25. The SMILES string of the molecule is CN=C(NCCCOC1CCCCC1)NCc1ccccc1Cn1cccn1.I. The lowest BCUT2D eigenvalue weighted by molar-refractivity contribution is 0.0277. The number of nitrogens with zero attached hydrogens (tertiary/aromatic N) is 3. The Bertz CT molecular complexity index is 714. The number of guanidine groups is 1. The molecule has 0 atom stereocenters. The molecule has 160 valence electrons. The molecule has 1 aromatic carbocycles. The smallest absolute Gasteiger partial charge is 0.191 e. The first kappa shape index (κ1) is 23.7. The van der Waals surface area contributed by atoms with Crippen molar-refractivity contribution in [3.05, 3.63) is 53.9 Å². The van der Waals surface area contributed by atoms with Crippen molar-refractivity contribution < 1.29 is 4.74 Å². The van der Waals surface area contributed by atoms with E-state index in [-0.39, 0.29) is 24.0 Å². The van der Waals surface area contributed by atoms with Crippen LogP contribution in [-0.4, -0.2) is 42.0 Å². The Balaban J connectivity index is 0.00000300. The molecule has 6 nitrogen and oxygen atoms in total. The van der Waals surface area contributed by atoms with Gasteiger partial charge in [0.15, 0.2) is 5.96 Å². The van der Waals surface area contributed by atoms with Gasteiger partial charge in [0.05, 0.1) is 12.6 Å². The largest absolute Gasteiger partial charge is 0.378 e. The highest BCUT2D eigenvalue weighted by Crippen LogP contribution is 2.20. The fraction of sp³-hybridized carbons (Fsp3) is 0.545. The summed E-state index contributed by atoms with van der Waals surface area (Å²) in [6.07, 6.45) is 11.7. The van der Waals surface area contributed by atoms with Crippen LogP contribution in [0.15, 0.2) is 47.7 Å². The van der Waals surface area contributed by atoms with E-state index in [1.807, 2.05) is 30.2 Å². The zero-order valence-corrected chi connectivity index (χ0v) is 19.7. The third kappa shape index (κ3) is 8.34. The summed E-state index contributed by atoms with van der Waals surface area (Å²) < 4.78 is 7.93. The molecule has 1 aromatic heterocycles. The summed E-state index contributed by atoms with van der Waals surface area (Å²) in [4.78, 5) is 4.33. The molecule has 1 aliphatic rings. The van der Waals surface area contributed by atoms with E-state index in [0.717, 1.165) is 38.6 Å². The fourth-order valence-corrected chi connectivity index (χ4v) is 3.61. The van der Waals surface area contributed by atoms with Gasteiger partial charge in [-0.1, -0.05) is 43.5 Å². The Morgan fingerprint density at radius 3 is 2.66 bits per heavy atom. The van der Waals surface area contributed by atoms with E-state index in [2.05, 4.69) is 45.0 Å². The van der Waals surface area contributed by atoms with Crippen LogP contribution < -0.4 is 10.6 Å². The number of halogens is 1. The zero-order chi connectivity index (χ0) is 19.4. The number of aliphatic imine (C=N–C) groups is 1. The Morgan fingerprint density at radius 1 is 1.14 bits per heavy atom. The van der Waals surface area contributed by atoms with Gasteiger partial charge in [-0.3, -0.25) is 9.67 Å². The summed E-state index contributed by atoms with van der Waals surface area (Å²) in [5, 5.41) is 11.1. The second kappa shape index (κ2) is 13.6. The van der Waals surface area contributed by atoms with Gasteiger partial charge in [0.2, 0.25) is 0 Å². The monoisotopic (exact) mass is 511 g/mol. The molecule has 3 rings (SSSR count). The van der Waals surface area contributed by atoms with Crippen LogP contribution in [0.2, 0.25) is 0 Å². The van der Waals surface area contributed by atoms with Gasteiger partial charge in [0.1, 0.15) is 0 Å². The van der Waals surface area contributed by atoms with Crippen LogP contribution in [0.3, 0.4) is 0 Å². The van der Waals surface area contributed by atoms with E-state index in [1.165, 1.54) is 43.2 Å². The lowest BCUT2D eigenvalue weighted by Gasteiger charge is -2.22. The van der Waals surface area contributed by atoms with E-state index < -0.39 is 0 Å². The van der Waals surface area contributed by atoms with Gasteiger partial charge in [-0.05, 0) is 36.5 Å². The van der Waals surface area contributed by atoms with Gasteiger partial charge in [-0.2, -0.15) is 5.10 Å². The second-order valence-electron chi connectivity index (χ2n) is 7.31. The van der Waals surface area contributed by atoms with Gasteiger partial charge in [-0.25, -0.2) is 0 Å². The number of nitrogens with one attached hydrogen (secondary N) is 2. The highest BCUT2D eigenvalue weighted by Gasteiger charge is 2.13. The first-order valence-corrected chi connectivity index (χ1v) is 10.5. The van der Waals surface area contributed by atoms with Gasteiger partial charge in [0.25, 0.3) is 0 Å². The summed E-state index contributed by atoms with van der Waals surface area (Å²) in [6, 6.07) is 10.4. The number of rotatable bonds is 9. The lowest BCUT2D eigenvalue weighted by atomic mass is 9.98. The molecule has 0 saturated heterocycles. The number of hydrogen-bond donors (Lipinski definition) is 2. The van der Waals surface area contributed by atoms with E-state index >= 15 is 0 Å². The number of aromatic nitrogens is 2. The van der Waals surface area contributed by atoms with E-state index in [4.69, 9.17) is 4.74 Å². The van der Waals surface area contributed by atoms with Crippen LogP contribution >= 0.6 is 24.0 Å². The molecule has 0 unspecified atom stereocenters. The van der Waals surface area contributed by atoms with Gasteiger partial charge in [-0.15, -0.1) is 24.0 Å². The third-order valence-electron chi connectivity index (χ3n) is 5.20. The first-order chi connectivity index (χ1) is 13.8. The van der Waals surface area contributed by atoms with E-state index in [1.54, 1.807) is 0 Å². The van der Waals surface area contributed by atoms with Gasteiger partial charge < -0.3 is 15.4 Å². The van der Waals surface area contributed by atoms with Crippen LogP contribution in [0.4, 0.5) is 0 Å². The molecule has 0 aliphatic heterocycles. The molecule has 0 amide bonds. The third-order valence-corrected chi connectivity index (χ3v) is 5.20. The minimum atomic E-state index is 0. The molecular formula is C22H34IN5O. The van der Waals surface area contributed by atoms with Gasteiger partial charge in [0, 0.05) is 39.1 Å². The first-order valence-electron chi connectivity index (χ1n) is 10.5. The molecule has 1 saturated carbocycles. The maximum atomic E-state index is 5.98. The maximum absolute atomic E-state index is 5.98. The quantitative estimate of drug-likeness (QED) is 0.232. The Morgan fingerprint density at radius 2 is 1.93 bits per heavy atom. The molecule has 1 aliphatic carbocycles. The predicted molar refractivity (Wildman–Crippen MR) is 129 cm³/mol. The standard InChI is InChI=1S/C22H33N5O.HI/c1-23-22(24-13-8-16-28-21-11-3-2-4-12-21)25-17-19-9-5-6-10-20(19)18-27-15-7-14-26-27;/h5-7,9-10,14-15,21H,2-4,8,11-13,16-18H2,1H3,(H2,23,24,25);1H. The Labute approximate surface area is 191 Å². The van der Waals surface area contributed by atoms with E-state index in [9.17, 15) is 0 Å². The molecule has 2 aromatic rings. The van der Waals surface area contributed by atoms with Crippen molar-refractivity contribution >= 4 is 29.9 Å². The zero-order valence-electron chi connectivity index (χ0n) is 17.3. The normalized spacial score (nSPS) is 15.0. The van der Waals surface area contributed by atoms with Crippen LogP contribution in [0.1, 0.15) is 49.7 Å². The highest BCUT2D eigenvalue weighted by atomic mass is 127. The van der Waals surface area contributed by atoms with Crippen molar-refractivity contribution in [3.63, 3.8) is 0 Å². The fourth-order valence-electron chi connectivity index (χ4n) is 3.61. The summed E-state index contributed by atoms with van der Waals surface area (Å²) in [6.45, 7) is 3.19. The highest BCUT2D eigenvalue weighted by molar-refractivity contribution is 14.0. The topological polar surface area (TPSA) is 63.5 Å². The lowest BCUT2D eigenvalue weighted by Crippen LogP contribution is -2.37. The van der Waals surface area contributed by atoms with Crippen molar-refractivity contribution in [1.82, 2.24) is 20.4 Å². The minimum absolute atomic E-state index is 0. The number of hydrogen-bond acceptors (Lipinski definition) is 3. The van der Waals surface area contributed by atoms with Crippen molar-refractivity contribution in [2.45, 2.75) is 57.7 Å². The summed E-state index contributed by atoms with van der Waals surface area (Å²) in [7, 11) is 1.81. The van der Waals surface area contributed by atoms with Crippen LogP contribution in [0, 0.1) is 0 Å². The Kier molecular flexibility index (Phi) is 11.1. The molecule has 1 heterocycles. The van der Waals surface area contributed by atoms with Crippen LogP contribution in [-0.2, 0) is 17.8 Å². The molecule has 0 radical (unpaired) electrons. The molecule has 29 heavy (non-hydrogen) atoms. The summed E-state index contributed by atoms with van der Waals surface area (Å²) in [5.41, 5.74) is 2.51. The number of ether oxygens (including phenoxy) is 1. The molecule has 1 fully saturated rings. The van der Waals surface area contributed by atoms with Crippen molar-refractivity contribution in [1.29, 1.82) is 0 Å². The molecule has 0 spiro atoms. The Hall–Kier alpha value is -1.61.